The van der Waals surface area contributed by atoms with Crippen LogP contribution in [0.4, 0.5) is 0 Å². The summed E-state index contributed by atoms with van der Waals surface area (Å²) in [5, 5.41) is 2.05. The van der Waals surface area contributed by atoms with Gasteiger partial charge in [0.25, 0.3) is 5.91 Å². The molecule has 2 aromatic heterocycles. The molecule has 2 aromatic carbocycles. The van der Waals surface area contributed by atoms with Crippen molar-refractivity contribution < 1.29 is 14.3 Å². The maximum atomic E-state index is 13.8. The van der Waals surface area contributed by atoms with Gasteiger partial charge in [-0.05, 0) is 59.3 Å². The SMILES string of the molecule is COc1cc2c(cc1OC)[C@H](c1cccs1)N(C(=O)c1cccc(-n3ccnc3)c1)CC2. The number of imidazole rings is 1. The van der Waals surface area contributed by atoms with Crippen LogP contribution in [0.1, 0.15) is 32.4 Å². The number of carbonyl (C=O) groups excluding carboxylic acids is 1. The van der Waals surface area contributed by atoms with E-state index in [2.05, 4.69) is 11.1 Å². The summed E-state index contributed by atoms with van der Waals surface area (Å²) in [6.45, 7) is 0.624. The molecule has 6 nitrogen and oxygen atoms in total. The number of aromatic nitrogens is 2. The molecule has 0 bridgehead atoms. The lowest BCUT2D eigenvalue weighted by Crippen LogP contribution is -2.40. The number of thiophene rings is 1. The van der Waals surface area contributed by atoms with Crippen molar-refractivity contribution in [3.8, 4) is 17.2 Å². The van der Waals surface area contributed by atoms with E-state index in [1.807, 2.05) is 63.5 Å². The predicted octanol–water partition coefficient (Wildman–Crippen LogP) is 4.74. The van der Waals surface area contributed by atoms with Crippen molar-refractivity contribution in [2.45, 2.75) is 12.5 Å². The first-order valence-corrected chi connectivity index (χ1v) is 11.2. The lowest BCUT2D eigenvalue weighted by Gasteiger charge is -2.37. The molecule has 0 aliphatic carbocycles. The fraction of sp³-hybridized carbons (Fsp3) is 0.200. The first kappa shape index (κ1) is 20.3. The Hall–Kier alpha value is -3.58. The fourth-order valence-electron chi connectivity index (χ4n) is 4.30. The van der Waals surface area contributed by atoms with Crippen LogP contribution in [0.2, 0.25) is 0 Å². The van der Waals surface area contributed by atoms with Crippen molar-refractivity contribution in [1.29, 1.82) is 0 Å². The van der Waals surface area contributed by atoms with Gasteiger partial charge in [0.2, 0.25) is 0 Å². The second-order valence-corrected chi connectivity index (χ2v) is 8.57. The molecule has 162 valence electrons. The average molecular weight is 446 g/mol. The molecule has 32 heavy (non-hydrogen) atoms. The number of nitrogens with zero attached hydrogens (tertiary/aromatic N) is 3. The number of ether oxygens (including phenoxy) is 2. The summed E-state index contributed by atoms with van der Waals surface area (Å²) in [6.07, 6.45) is 6.08. The first-order valence-electron chi connectivity index (χ1n) is 10.4. The molecule has 3 heterocycles. The third kappa shape index (κ3) is 3.54. The summed E-state index contributed by atoms with van der Waals surface area (Å²) in [5.41, 5.74) is 3.82. The number of amides is 1. The quantitative estimate of drug-likeness (QED) is 0.445. The van der Waals surface area contributed by atoms with E-state index in [4.69, 9.17) is 9.47 Å². The molecule has 0 saturated heterocycles. The summed E-state index contributed by atoms with van der Waals surface area (Å²) in [6, 6.07) is 15.7. The van der Waals surface area contributed by atoms with Gasteiger partial charge >= 0.3 is 0 Å². The van der Waals surface area contributed by atoms with Gasteiger partial charge in [-0.15, -0.1) is 11.3 Å². The second kappa shape index (κ2) is 8.51. The molecule has 0 radical (unpaired) electrons. The lowest BCUT2D eigenvalue weighted by molar-refractivity contribution is 0.0697. The summed E-state index contributed by atoms with van der Waals surface area (Å²) in [4.78, 5) is 21.0. The van der Waals surface area contributed by atoms with Crippen LogP contribution >= 0.6 is 11.3 Å². The molecule has 7 heteroatoms. The van der Waals surface area contributed by atoms with E-state index in [9.17, 15) is 4.79 Å². The van der Waals surface area contributed by atoms with Gasteiger partial charge in [0.05, 0.1) is 26.6 Å². The van der Waals surface area contributed by atoms with Gasteiger partial charge in [-0.1, -0.05) is 12.1 Å². The minimum Gasteiger partial charge on any atom is -0.493 e. The number of rotatable bonds is 5. The van der Waals surface area contributed by atoms with E-state index >= 15 is 0 Å². The molecule has 1 amide bonds. The molecule has 4 aromatic rings. The summed E-state index contributed by atoms with van der Waals surface area (Å²) in [7, 11) is 3.28. The van der Waals surface area contributed by atoms with Crippen LogP contribution in [0.5, 0.6) is 11.5 Å². The Labute approximate surface area is 190 Å². The molecule has 0 saturated carbocycles. The van der Waals surface area contributed by atoms with Gasteiger partial charge in [-0.3, -0.25) is 4.79 Å². The van der Waals surface area contributed by atoms with Crippen molar-refractivity contribution in [2.75, 3.05) is 20.8 Å². The minimum absolute atomic E-state index is 0.00537. The number of benzene rings is 2. The maximum absolute atomic E-state index is 13.8. The Morgan fingerprint density at radius 1 is 1.09 bits per heavy atom. The Kier molecular flexibility index (Phi) is 5.41. The van der Waals surface area contributed by atoms with E-state index in [1.165, 1.54) is 5.56 Å². The molecular weight excluding hydrogens is 422 g/mol. The number of carbonyl (C=O) groups is 1. The zero-order valence-corrected chi connectivity index (χ0v) is 18.7. The highest BCUT2D eigenvalue weighted by Gasteiger charge is 2.34. The maximum Gasteiger partial charge on any atom is 0.254 e. The van der Waals surface area contributed by atoms with Crippen molar-refractivity contribution in [3.63, 3.8) is 0 Å². The monoisotopic (exact) mass is 445 g/mol. The lowest BCUT2D eigenvalue weighted by atomic mass is 9.90. The van der Waals surface area contributed by atoms with E-state index in [0.29, 0.717) is 23.6 Å². The zero-order valence-electron chi connectivity index (χ0n) is 17.9. The van der Waals surface area contributed by atoms with Crippen LogP contribution in [0.25, 0.3) is 5.69 Å². The van der Waals surface area contributed by atoms with Crippen LogP contribution in [0, 0.1) is 0 Å². The summed E-state index contributed by atoms with van der Waals surface area (Å²) >= 11 is 1.66. The molecule has 1 aliphatic rings. The highest BCUT2D eigenvalue weighted by molar-refractivity contribution is 7.10. The van der Waals surface area contributed by atoms with Crippen molar-refractivity contribution >= 4 is 17.2 Å². The topological polar surface area (TPSA) is 56.6 Å². The molecule has 5 rings (SSSR count). The Balaban J connectivity index is 1.57. The van der Waals surface area contributed by atoms with Crippen molar-refractivity contribution in [1.82, 2.24) is 14.5 Å². The standard InChI is InChI=1S/C25H23N3O3S/c1-30-21-14-17-8-10-28(24(23-7-4-12-32-23)20(17)15-22(21)31-2)25(29)18-5-3-6-19(13-18)27-11-9-26-16-27/h3-7,9,11-16,24H,8,10H2,1-2H3/t24-/m1/s1. The van der Waals surface area contributed by atoms with E-state index in [0.717, 1.165) is 22.5 Å². The molecular formula is C25H23N3O3S. The van der Waals surface area contributed by atoms with Crippen LogP contribution in [0.15, 0.2) is 72.6 Å². The fourth-order valence-corrected chi connectivity index (χ4v) is 5.15. The Bertz CT molecular complexity index is 1240. The van der Waals surface area contributed by atoms with Gasteiger partial charge < -0.3 is 18.9 Å². The minimum atomic E-state index is -0.178. The molecule has 0 unspecified atom stereocenters. The van der Waals surface area contributed by atoms with Crippen LogP contribution in [-0.2, 0) is 6.42 Å². The van der Waals surface area contributed by atoms with E-state index in [1.54, 1.807) is 38.1 Å². The van der Waals surface area contributed by atoms with Crippen LogP contribution in [0.3, 0.4) is 0 Å². The van der Waals surface area contributed by atoms with E-state index < -0.39 is 0 Å². The Morgan fingerprint density at radius 3 is 2.66 bits per heavy atom. The smallest absolute Gasteiger partial charge is 0.254 e. The normalized spacial score (nSPS) is 15.3. The highest BCUT2D eigenvalue weighted by Crippen LogP contribution is 2.42. The van der Waals surface area contributed by atoms with Gasteiger partial charge in [0.1, 0.15) is 0 Å². The van der Waals surface area contributed by atoms with Crippen molar-refractivity contribution in [2.24, 2.45) is 0 Å². The van der Waals surface area contributed by atoms with Gasteiger partial charge in [-0.2, -0.15) is 0 Å². The van der Waals surface area contributed by atoms with E-state index in [-0.39, 0.29) is 11.9 Å². The number of hydrogen-bond donors (Lipinski definition) is 0. The molecule has 0 fully saturated rings. The molecule has 0 N–H and O–H groups in total. The van der Waals surface area contributed by atoms with Crippen LogP contribution in [-0.4, -0.2) is 41.1 Å². The molecule has 1 aliphatic heterocycles. The van der Waals surface area contributed by atoms with Crippen LogP contribution < -0.4 is 9.47 Å². The van der Waals surface area contributed by atoms with Gasteiger partial charge in [-0.25, -0.2) is 4.98 Å². The molecule has 0 spiro atoms. The highest BCUT2D eigenvalue weighted by atomic mass is 32.1. The van der Waals surface area contributed by atoms with Crippen molar-refractivity contribution in [3.05, 3.63) is 94.2 Å². The summed E-state index contributed by atoms with van der Waals surface area (Å²) < 4.78 is 13.0. The number of methoxy groups -OCH3 is 2. The molecule has 1 atom stereocenters. The Morgan fingerprint density at radius 2 is 1.94 bits per heavy atom. The zero-order chi connectivity index (χ0) is 22.1. The number of hydrogen-bond acceptors (Lipinski definition) is 5. The predicted molar refractivity (Wildman–Crippen MR) is 124 cm³/mol. The third-order valence-corrected chi connectivity index (χ3v) is 6.77. The average Bonchev–Trinajstić information content (AvgIpc) is 3.56. The van der Waals surface area contributed by atoms with Gasteiger partial charge in [0.15, 0.2) is 11.5 Å². The second-order valence-electron chi connectivity index (χ2n) is 7.59. The summed E-state index contributed by atoms with van der Waals surface area (Å²) in [5.74, 6) is 1.39. The first-order chi connectivity index (χ1) is 15.7. The van der Waals surface area contributed by atoms with Gasteiger partial charge in [0, 0.05) is 35.1 Å². The third-order valence-electron chi connectivity index (χ3n) is 5.84. The largest absolute Gasteiger partial charge is 0.493 e. The number of fused-ring (bicyclic) bond motifs is 1.